The normalized spacial score (nSPS) is 12.7. The number of rotatable bonds is 7. The molecule has 0 unspecified atom stereocenters. The Hall–Kier alpha value is -2.92. The van der Waals surface area contributed by atoms with Crippen LogP contribution in [0.5, 0.6) is 11.8 Å². The molecule has 11 heteroatoms. The highest BCUT2D eigenvalue weighted by Crippen LogP contribution is 2.24. The van der Waals surface area contributed by atoms with Gasteiger partial charge in [-0.3, -0.25) is 4.57 Å². The third kappa shape index (κ3) is 4.57. The van der Waals surface area contributed by atoms with E-state index in [-0.39, 0.29) is 11.8 Å². The lowest BCUT2D eigenvalue weighted by atomic mass is 10.3. The fourth-order valence-electron chi connectivity index (χ4n) is 2.60. The van der Waals surface area contributed by atoms with Crippen LogP contribution in [0.25, 0.3) is 0 Å². The summed E-state index contributed by atoms with van der Waals surface area (Å²) in [6.07, 6.45) is 0. The molecular weight excluding hydrogens is 409 g/mol. The number of nitrogens with one attached hydrogen (secondary N) is 1. The zero-order valence-corrected chi connectivity index (χ0v) is 16.3. The van der Waals surface area contributed by atoms with Gasteiger partial charge in [0.05, 0.1) is 10.9 Å². The molecule has 0 aliphatic rings. The summed E-state index contributed by atoms with van der Waals surface area (Å²) < 4.78 is 73.9. The molecule has 2 aromatic carbocycles. The average molecular weight is 426 g/mol. The largest absolute Gasteiger partial charge is 0.424 e. The number of aromatic nitrogens is 3. The van der Waals surface area contributed by atoms with E-state index in [1.165, 1.54) is 35.8 Å². The molecule has 1 aromatic heterocycles. The second-order valence-electron chi connectivity index (χ2n) is 6.06. The highest BCUT2D eigenvalue weighted by Gasteiger charge is 2.24. The molecule has 0 aliphatic heterocycles. The zero-order chi connectivity index (χ0) is 21.2. The first-order valence-corrected chi connectivity index (χ1v) is 10.0. The first-order chi connectivity index (χ1) is 13.7. The topological polar surface area (TPSA) is 86.1 Å². The Kier molecular flexibility index (Phi) is 5.89. The van der Waals surface area contributed by atoms with E-state index in [2.05, 4.69) is 14.9 Å². The summed E-state index contributed by atoms with van der Waals surface area (Å²) in [5.41, 5.74) is 0. The van der Waals surface area contributed by atoms with Gasteiger partial charge >= 0.3 is 6.01 Å². The van der Waals surface area contributed by atoms with Crippen molar-refractivity contribution in [1.82, 2.24) is 19.5 Å². The molecule has 0 saturated heterocycles. The van der Waals surface area contributed by atoms with Gasteiger partial charge in [0, 0.05) is 6.54 Å². The SMILES string of the molecule is CCn1c(Oc2ccc(F)cc2)nnc1[C@@H](C)NS(=O)(=O)c1ccc(F)c(F)c1. The average Bonchev–Trinajstić information content (AvgIpc) is 3.08. The predicted octanol–water partition coefficient (Wildman–Crippen LogP) is 3.55. The highest BCUT2D eigenvalue weighted by atomic mass is 32.2. The fraction of sp³-hybridized carbons (Fsp3) is 0.222. The number of hydrogen-bond acceptors (Lipinski definition) is 5. The smallest absolute Gasteiger partial charge is 0.322 e. The summed E-state index contributed by atoms with van der Waals surface area (Å²) in [4.78, 5) is -0.423. The maximum absolute atomic E-state index is 13.4. The third-order valence-corrected chi connectivity index (χ3v) is 5.54. The lowest BCUT2D eigenvalue weighted by Gasteiger charge is -2.15. The van der Waals surface area contributed by atoms with Crippen molar-refractivity contribution in [3.8, 4) is 11.8 Å². The molecule has 0 fully saturated rings. The van der Waals surface area contributed by atoms with Gasteiger partial charge in [-0.25, -0.2) is 26.3 Å². The van der Waals surface area contributed by atoms with Crippen LogP contribution < -0.4 is 9.46 Å². The van der Waals surface area contributed by atoms with E-state index in [9.17, 15) is 21.6 Å². The van der Waals surface area contributed by atoms with E-state index in [1.807, 2.05) is 0 Å². The van der Waals surface area contributed by atoms with Crippen LogP contribution in [0.3, 0.4) is 0 Å². The van der Waals surface area contributed by atoms with Crippen molar-refractivity contribution in [2.45, 2.75) is 31.3 Å². The van der Waals surface area contributed by atoms with Crippen LogP contribution in [0.2, 0.25) is 0 Å². The van der Waals surface area contributed by atoms with Gasteiger partial charge in [0.1, 0.15) is 11.6 Å². The van der Waals surface area contributed by atoms with Gasteiger partial charge in [0.2, 0.25) is 10.0 Å². The monoisotopic (exact) mass is 426 g/mol. The number of hydrogen-bond donors (Lipinski definition) is 1. The van der Waals surface area contributed by atoms with Crippen molar-refractivity contribution in [3.05, 3.63) is 65.7 Å². The van der Waals surface area contributed by atoms with Crippen molar-refractivity contribution >= 4 is 10.0 Å². The lowest BCUT2D eigenvalue weighted by molar-refractivity contribution is 0.407. The van der Waals surface area contributed by atoms with Gasteiger partial charge in [-0.2, -0.15) is 0 Å². The van der Waals surface area contributed by atoms with Crippen LogP contribution in [0.1, 0.15) is 25.7 Å². The molecule has 0 spiro atoms. The maximum atomic E-state index is 13.4. The molecule has 7 nitrogen and oxygen atoms in total. The van der Waals surface area contributed by atoms with Gasteiger partial charge in [-0.1, -0.05) is 5.10 Å². The minimum Gasteiger partial charge on any atom is -0.424 e. The quantitative estimate of drug-likeness (QED) is 0.625. The molecule has 1 atom stereocenters. The van der Waals surface area contributed by atoms with Crippen LogP contribution in [0.4, 0.5) is 13.2 Å². The summed E-state index contributed by atoms with van der Waals surface area (Å²) >= 11 is 0. The van der Waals surface area contributed by atoms with E-state index < -0.39 is 38.4 Å². The molecule has 154 valence electrons. The first-order valence-electron chi connectivity index (χ1n) is 8.55. The Morgan fingerprint density at radius 3 is 2.38 bits per heavy atom. The number of benzene rings is 2. The van der Waals surface area contributed by atoms with Gasteiger partial charge in [-0.05, 0) is 56.3 Å². The van der Waals surface area contributed by atoms with Crippen LogP contribution >= 0.6 is 0 Å². The second kappa shape index (κ2) is 8.21. The van der Waals surface area contributed by atoms with Gasteiger partial charge in [0.15, 0.2) is 17.5 Å². The first kappa shape index (κ1) is 20.8. The molecule has 29 heavy (non-hydrogen) atoms. The summed E-state index contributed by atoms with van der Waals surface area (Å²) in [6, 6.07) is 6.80. The lowest BCUT2D eigenvalue weighted by Crippen LogP contribution is -2.29. The summed E-state index contributed by atoms with van der Waals surface area (Å²) in [5.74, 6) is -2.27. The summed E-state index contributed by atoms with van der Waals surface area (Å²) in [7, 11) is -4.15. The standard InChI is InChI=1S/C18H17F3N4O3S/c1-3-25-17(22-23-18(25)28-13-6-4-12(19)5-7-13)11(2)24-29(26,27)14-8-9-15(20)16(21)10-14/h4-11,24H,3H2,1-2H3/t11-/m1/s1. The number of halogens is 3. The van der Waals surface area contributed by atoms with Gasteiger partial charge in [0.25, 0.3) is 0 Å². The molecule has 0 radical (unpaired) electrons. The number of ether oxygens (including phenoxy) is 1. The molecule has 0 bridgehead atoms. The second-order valence-corrected chi connectivity index (χ2v) is 7.77. The van der Waals surface area contributed by atoms with Crippen molar-refractivity contribution in [1.29, 1.82) is 0 Å². The Balaban J connectivity index is 1.83. The van der Waals surface area contributed by atoms with Crippen molar-refractivity contribution in [2.75, 3.05) is 0 Å². The minimum atomic E-state index is -4.15. The molecule has 0 aliphatic carbocycles. The Morgan fingerprint density at radius 2 is 1.76 bits per heavy atom. The van der Waals surface area contributed by atoms with E-state index in [0.717, 1.165) is 12.1 Å². The summed E-state index contributed by atoms with van der Waals surface area (Å²) in [5, 5.41) is 7.87. The Labute approximate surface area is 165 Å². The van der Waals surface area contributed by atoms with Crippen LogP contribution in [-0.4, -0.2) is 23.2 Å². The molecule has 1 heterocycles. The molecule has 0 saturated carbocycles. The van der Waals surface area contributed by atoms with E-state index in [0.29, 0.717) is 18.4 Å². The molecule has 1 N–H and O–H groups in total. The van der Waals surface area contributed by atoms with Crippen LogP contribution in [-0.2, 0) is 16.6 Å². The number of nitrogens with zero attached hydrogens (tertiary/aromatic N) is 3. The van der Waals surface area contributed by atoms with Crippen molar-refractivity contribution in [3.63, 3.8) is 0 Å². The predicted molar refractivity (Wildman–Crippen MR) is 97.3 cm³/mol. The molecule has 3 aromatic rings. The maximum Gasteiger partial charge on any atom is 0.322 e. The van der Waals surface area contributed by atoms with Crippen LogP contribution in [0, 0.1) is 17.5 Å². The van der Waals surface area contributed by atoms with Crippen molar-refractivity contribution < 1.29 is 26.3 Å². The molecule has 0 amide bonds. The summed E-state index contributed by atoms with van der Waals surface area (Å²) in [6.45, 7) is 3.66. The van der Waals surface area contributed by atoms with E-state index >= 15 is 0 Å². The molecular formula is C18H17F3N4O3S. The zero-order valence-electron chi connectivity index (χ0n) is 15.4. The van der Waals surface area contributed by atoms with Crippen LogP contribution in [0.15, 0.2) is 47.4 Å². The Bertz CT molecular complexity index is 1120. The van der Waals surface area contributed by atoms with Gasteiger partial charge < -0.3 is 4.74 Å². The van der Waals surface area contributed by atoms with E-state index in [1.54, 1.807) is 6.92 Å². The third-order valence-electron chi connectivity index (χ3n) is 4.01. The Morgan fingerprint density at radius 1 is 1.07 bits per heavy atom. The van der Waals surface area contributed by atoms with Gasteiger partial charge in [-0.15, -0.1) is 5.10 Å². The number of sulfonamides is 1. The highest BCUT2D eigenvalue weighted by molar-refractivity contribution is 7.89. The molecule has 3 rings (SSSR count). The minimum absolute atomic E-state index is 0.0907. The van der Waals surface area contributed by atoms with Crippen molar-refractivity contribution in [2.24, 2.45) is 0 Å². The fourth-order valence-corrected chi connectivity index (χ4v) is 3.81. The van der Waals surface area contributed by atoms with E-state index in [4.69, 9.17) is 4.74 Å².